The van der Waals surface area contributed by atoms with Crippen LogP contribution in [0.1, 0.15) is 17.7 Å². The molecule has 0 saturated heterocycles. The number of urea groups is 1. The smallest absolute Gasteiger partial charge is 0.315 e. The average Bonchev–Trinajstić information content (AvgIpc) is 2.87. The minimum atomic E-state index is -0.0506. The van der Waals surface area contributed by atoms with Crippen molar-refractivity contribution in [2.75, 3.05) is 6.54 Å². The average molecular weight is 210 g/mol. The molecular formula is C10H14N2OS. The number of carbonyl (C=O) groups is 1. The van der Waals surface area contributed by atoms with Crippen molar-refractivity contribution in [3.63, 3.8) is 0 Å². The molecule has 1 aliphatic rings. The van der Waals surface area contributed by atoms with E-state index in [0.29, 0.717) is 6.54 Å². The van der Waals surface area contributed by atoms with E-state index < -0.39 is 0 Å². The number of nitrogens with one attached hydrogen (secondary N) is 2. The third-order valence-electron chi connectivity index (χ3n) is 2.25. The zero-order valence-corrected chi connectivity index (χ0v) is 8.77. The van der Waals surface area contributed by atoms with Gasteiger partial charge < -0.3 is 10.6 Å². The van der Waals surface area contributed by atoms with Crippen LogP contribution < -0.4 is 10.6 Å². The van der Waals surface area contributed by atoms with E-state index in [2.05, 4.69) is 10.6 Å². The van der Waals surface area contributed by atoms with E-state index in [9.17, 15) is 4.79 Å². The molecule has 1 heterocycles. The topological polar surface area (TPSA) is 41.1 Å². The number of amides is 2. The second-order valence-electron chi connectivity index (χ2n) is 3.59. The maximum atomic E-state index is 11.3. The molecule has 1 aliphatic carbocycles. The van der Waals surface area contributed by atoms with E-state index in [0.717, 1.165) is 12.5 Å². The molecule has 2 amide bonds. The molecule has 0 aromatic carbocycles. The molecule has 3 nitrogen and oxygen atoms in total. The third-order valence-corrected chi connectivity index (χ3v) is 3.13. The van der Waals surface area contributed by atoms with Gasteiger partial charge in [-0.05, 0) is 30.2 Å². The van der Waals surface area contributed by atoms with Crippen LogP contribution in [0.2, 0.25) is 0 Å². The zero-order valence-electron chi connectivity index (χ0n) is 7.95. The van der Waals surface area contributed by atoms with Crippen LogP contribution in [-0.2, 0) is 6.54 Å². The van der Waals surface area contributed by atoms with Gasteiger partial charge in [0.05, 0.1) is 6.54 Å². The van der Waals surface area contributed by atoms with Gasteiger partial charge in [0.2, 0.25) is 0 Å². The van der Waals surface area contributed by atoms with Crippen molar-refractivity contribution in [2.24, 2.45) is 5.92 Å². The molecule has 1 fully saturated rings. The second-order valence-corrected chi connectivity index (χ2v) is 4.62. The fourth-order valence-corrected chi connectivity index (χ4v) is 1.85. The zero-order chi connectivity index (χ0) is 9.80. The van der Waals surface area contributed by atoms with Gasteiger partial charge in [0.1, 0.15) is 0 Å². The van der Waals surface area contributed by atoms with Crippen LogP contribution in [0, 0.1) is 5.92 Å². The highest BCUT2D eigenvalue weighted by molar-refractivity contribution is 7.09. The summed E-state index contributed by atoms with van der Waals surface area (Å²) >= 11 is 1.66. The number of hydrogen-bond donors (Lipinski definition) is 2. The largest absolute Gasteiger partial charge is 0.338 e. The summed E-state index contributed by atoms with van der Waals surface area (Å²) in [4.78, 5) is 12.4. The molecule has 2 rings (SSSR count). The van der Waals surface area contributed by atoms with Crippen LogP contribution in [0.4, 0.5) is 4.79 Å². The molecular weight excluding hydrogens is 196 g/mol. The lowest BCUT2D eigenvalue weighted by Gasteiger charge is -2.05. The third kappa shape index (κ3) is 3.03. The molecule has 14 heavy (non-hydrogen) atoms. The first-order chi connectivity index (χ1) is 6.84. The Morgan fingerprint density at radius 3 is 3.00 bits per heavy atom. The van der Waals surface area contributed by atoms with Crippen LogP contribution in [0.25, 0.3) is 0 Å². The van der Waals surface area contributed by atoms with Crippen molar-refractivity contribution in [3.8, 4) is 0 Å². The Kier molecular flexibility index (Phi) is 3.03. The van der Waals surface area contributed by atoms with Crippen molar-refractivity contribution in [1.29, 1.82) is 0 Å². The first kappa shape index (κ1) is 9.52. The first-order valence-corrected chi connectivity index (χ1v) is 5.76. The molecule has 4 heteroatoms. The molecule has 0 aliphatic heterocycles. The van der Waals surface area contributed by atoms with E-state index in [-0.39, 0.29) is 6.03 Å². The fourth-order valence-electron chi connectivity index (χ4n) is 1.20. The molecule has 0 atom stereocenters. The lowest BCUT2D eigenvalue weighted by molar-refractivity contribution is 0.240. The van der Waals surface area contributed by atoms with Crippen molar-refractivity contribution in [3.05, 3.63) is 22.4 Å². The van der Waals surface area contributed by atoms with E-state index in [4.69, 9.17) is 0 Å². The predicted octanol–water partition coefficient (Wildman–Crippen LogP) is 1.96. The predicted molar refractivity (Wildman–Crippen MR) is 57.3 cm³/mol. The Labute approximate surface area is 87.5 Å². The van der Waals surface area contributed by atoms with Gasteiger partial charge in [-0.1, -0.05) is 6.07 Å². The number of hydrogen-bond acceptors (Lipinski definition) is 2. The van der Waals surface area contributed by atoms with Gasteiger partial charge in [-0.15, -0.1) is 11.3 Å². The minimum Gasteiger partial charge on any atom is -0.338 e. The Bertz CT molecular complexity index is 293. The van der Waals surface area contributed by atoms with E-state index in [1.807, 2.05) is 17.5 Å². The molecule has 1 aromatic rings. The lowest BCUT2D eigenvalue weighted by Crippen LogP contribution is -2.35. The minimum absolute atomic E-state index is 0.0506. The van der Waals surface area contributed by atoms with Crippen LogP contribution in [0.15, 0.2) is 17.5 Å². The number of carbonyl (C=O) groups excluding carboxylic acids is 1. The van der Waals surface area contributed by atoms with Crippen molar-refractivity contribution in [1.82, 2.24) is 10.6 Å². The van der Waals surface area contributed by atoms with Gasteiger partial charge in [0.15, 0.2) is 0 Å². The SMILES string of the molecule is O=C(NCc1cccs1)NCC1CC1. The summed E-state index contributed by atoms with van der Waals surface area (Å²) in [7, 11) is 0. The lowest BCUT2D eigenvalue weighted by atomic mass is 10.4. The van der Waals surface area contributed by atoms with Gasteiger partial charge in [0, 0.05) is 11.4 Å². The summed E-state index contributed by atoms with van der Waals surface area (Å²) in [6.45, 7) is 1.46. The fraction of sp³-hybridized carbons (Fsp3) is 0.500. The molecule has 0 unspecified atom stereocenters. The van der Waals surface area contributed by atoms with Gasteiger partial charge in [-0.25, -0.2) is 4.79 Å². The summed E-state index contributed by atoms with van der Waals surface area (Å²) in [5, 5.41) is 7.70. The number of thiophene rings is 1. The van der Waals surface area contributed by atoms with Crippen molar-refractivity contribution >= 4 is 17.4 Å². The summed E-state index contributed by atoms with van der Waals surface area (Å²) in [6.07, 6.45) is 2.54. The molecule has 2 N–H and O–H groups in total. The standard InChI is InChI=1S/C10H14N2OS/c13-10(11-6-8-3-4-8)12-7-9-2-1-5-14-9/h1-2,5,8H,3-4,6-7H2,(H2,11,12,13). The molecule has 1 saturated carbocycles. The first-order valence-electron chi connectivity index (χ1n) is 4.88. The van der Waals surface area contributed by atoms with Gasteiger partial charge in [0.25, 0.3) is 0 Å². The van der Waals surface area contributed by atoms with E-state index >= 15 is 0 Å². The summed E-state index contributed by atoms with van der Waals surface area (Å²) < 4.78 is 0. The van der Waals surface area contributed by atoms with Crippen LogP contribution in [0.5, 0.6) is 0 Å². The monoisotopic (exact) mass is 210 g/mol. The highest BCUT2D eigenvalue weighted by atomic mass is 32.1. The molecule has 0 radical (unpaired) electrons. The molecule has 0 bridgehead atoms. The Morgan fingerprint density at radius 1 is 1.50 bits per heavy atom. The maximum Gasteiger partial charge on any atom is 0.315 e. The maximum absolute atomic E-state index is 11.3. The van der Waals surface area contributed by atoms with Crippen molar-refractivity contribution in [2.45, 2.75) is 19.4 Å². The van der Waals surface area contributed by atoms with Crippen molar-refractivity contribution < 1.29 is 4.79 Å². The van der Waals surface area contributed by atoms with E-state index in [1.165, 1.54) is 17.7 Å². The van der Waals surface area contributed by atoms with Gasteiger partial charge in [-0.2, -0.15) is 0 Å². The summed E-state index contributed by atoms with van der Waals surface area (Å²) in [5.41, 5.74) is 0. The van der Waals surface area contributed by atoms with Crippen LogP contribution in [-0.4, -0.2) is 12.6 Å². The molecule has 76 valence electrons. The van der Waals surface area contributed by atoms with Crippen LogP contribution >= 0.6 is 11.3 Å². The van der Waals surface area contributed by atoms with Gasteiger partial charge >= 0.3 is 6.03 Å². The summed E-state index contributed by atoms with van der Waals surface area (Å²) in [6, 6.07) is 3.96. The van der Waals surface area contributed by atoms with E-state index in [1.54, 1.807) is 11.3 Å². The highest BCUT2D eigenvalue weighted by Gasteiger charge is 2.21. The Morgan fingerprint density at radius 2 is 2.36 bits per heavy atom. The normalized spacial score (nSPS) is 15.1. The quantitative estimate of drug-likeness (QED) is 0.783. The second kappa shape index (κ2) is 4.46. The molecule has 1 aromatic heterocycles. The molecule has 0 spiro atoms. The summed E-state index contributed by atoms with van der Waals surface area (Å²) in [5.74, 6) is 0.738. The number of rotatable bonds is 4. The van der Waals surface area contributed by atoms with Crippen LogP contribution in [0.3, 0.4) is 0 Å². The van der Waals surface area contributed by atoms with Gasteiger partial charge in [-0.3, -0.25) is 0 Å². The Hall–Kier alpha value is -1.03. The Balaban J connectivity index is 1.62. The highest BCUT2D eigenvalue weighted by Crippen LogP contribution is 2.27.